The van der Waals surface area contributed by atoms with Crippen LogP contribution < -0.4 is 5.32 Å². The molecule has 1 aliphatic carbocycles. The van der Waals surface area contributed by atoms with E-state index in [2.05, 4.69) is 15.1 Å². The molecule has 0 bridgehead atoms. The molecule has 1 unspecified atom stereocenters. The second kappa shape index (κ2) is 7.56. The minimum atomic E-state index is -0.786. The zero-order chi connectivity index (χ0) is 15.3. The van der Waals surface area contributed by atoms with Gasteiger partial charge in [0.05, 0.1) is 0 Å². The third-order valence-corrected chi connectivity index (χ3v) is 5.42. The number of hydrogen-bond acceptors (Lipinski definition) is 4. The summed E-state index contributed by atoms with van der Waals surface area (Å²) in [5.74, 6) is -0.754. The lowest BCUT2D eigenvalue weighted by Gasteiger charge is -2.38. The highest BCUT2D eigenvalue weighted by Crippen LogP contribution is 2.24. The first kappa shape index (κ1) is 16.7. The van der Waals surface area contributed by atoms with E-state index in [1.165, 1.54) is 38.8 Å². The molecule has 21 heavy (non-hydrogen) atoms. The second-order valence-electron chi connectivity index (χ2n) is 6.81. The van der Waals surface area contributed by atoms with Gasteiger partial charge in [-0.1, -0.05) is 12.8 Å². The topological polar surface area (TPSA) is 55.8 Å². The SMILES string of the molecule is CNC(C)(CCCN1CCN(C2CCCC2)CC1)C(=O)O. The number of piperazine rings is 1. The molecule has 0 aromatic carbocycles. The summed E-state index contributed by atoms with van der Waals surface area (Å²) in [6.45, 7) is 7.44. The van der Waals surface area contributed by atoms with Gasteiger partial charge in [-0.3, -0.25) is 9.69 Å². The van der Waals surface area contributed by atoms with Crippen molar-refractivity contribution >= 4 is 5.97 Å². The molecule has 2 fully saturated rings. The fourth-order valence-corrected chi connectivity index (χ4v) is 3.62. The Hall–Kier alpha value is -0.650. The average Bonchev–Trinajstić information content (AvgIpc) is 3.02. The predicted octanol–water partition coefficient (Wildman–Crippen LogP) is 1.39. The molecule has 2 rings (SSSR count). The lowest BCUT2D eigenvalue weighted by Crippen LogP contribution is -2.51. The molecule has 2 N–H and O–H groups in total. The van der Waals surface area contributed by atoms with Gasteiger partial charge in [-0.25, -0.2) is 0 Å². The predicted molar refractivity (Wildman–Crippen MR) is 84.6 cm³/mol. The molecule has 5 nitrogen and oxygen atoms in total. The number of nitrogens with one attached hydrogen (secondary N) is 1. The van der Waals surface area contributed by atoms with Crippen molar-refractivity contribution in [3.63, 3.8) is 0 Å². The van der Waals surface area contributed by atoms with E-state index in [0.717, 1.165) is 32.1 Å². The number of carboxylic acids is 1. The van der Waals surface area contributed by atoms with Gasteiger partial charge in [0.1, 0.15) is 5.54 Å². The Morgan fingerprint density at radius 3 is 2.38 bits per heavy atom. The van der Waals surface area contributed by atoms with Crippen molar-refractivity contribution in [2.75, 3.05) is 39.8 Å². The molecular formula is C16H31N3O2. The highest BCUT2D eigenvalue weighted by atomic mass is 16.4. The second-order valence-corrected chi connectivity index (χ2v) is 6.81. The van der Waals surface area contributed by atoms with Crippen molar-refractivity contribution in [2.24, 2.45) is 0 Å². The molecule has 0 spiro atoms. The summed E-state index contributed by atoms with van der Waals surface area (Å²) in [4.78, 5) is 16.4. The zero-order valence-electron chi connectivity index (χ0n) is 13.6. The molecule has 0 radical (unpaired) electrons. The Morgan fingerprint density at radius 1 is 1.24 bits per heavy atom. The normalized spacial score (nSPS) is 25.0. The molecule has 1 heterocycles. The summed E-state index contributed by atoms with van der Waals surface area (Å²) in [6.07, 6.45) is 7.21. The van der Waals surface area contributed by atoms with E-state index < -0.39 is 11.5 Å². The molecule has 0 aromatic rings. The first-order chi connectivity index (χ1) is 10.0. The summed E-state index contributed by atoms with van der Waals surface area (Å²) in [5, 5.41) is 12.2. The van der Waals surface area contributed by atoms with Crippen LogP contribution in [-0.4, -0.2) is 72.2 Å². The molecule has 2 aliphatic rings. The summed E-state index contributed by atoms with van der Waals surface area (Å²) in [7, 11) is 1.73. The van der Waals surface area contributed by atoms with Crippen LogP contribution in [0, 0.1) is 0 Å². The van der Waals surface area contributed by atoms with Gasteiger partial charge in [-0.15, -0.1) is 0 Å². The van der Waals surface area contributed by atoms with Crippen molar-refractivity contribution < 1.29 is 9.90 Å². The number of carbonyl (C=O) groups is 1. The van der Waals surface area contributed by atoms with Gasteiger partial charge in [0.15, 0.2) is 0 Å². The molecule has 0 amide bonds. The van der Waals surface area contributed by atoms with Crippen molar-refractivity contribution in [3.05, 3.63) is 0 Å². The first-order valence-corrected chi connectivity index (χ1v) is 8.44. The van der Waals surface area contributed by atoms with Crippen molar-refractivity contribution in [3.8, 4) is 0 Å². The maximum atomic E-state index is 11.2. The Kier molecular flexibility index (Phi) is 6.02. The van der Waals surface area contributed by atoms with Crippen LogP contribution in [-0.2, 0) is 4.79 Å². The quantitative estimate of drug-likeness (QED) is 0.744. The smallest absolute Gasteiger partial charge is 0.323 e. The van der Waals surface area contributed by atoms with E-state index in [1.807, 2.05) is 0 Å². The van der Waals surface area contributed by atoms with Crippen LogP contribution in [0.15, 0.2) is 0 Å². The van der Waals surface area contributed by atoms with Gasteiger partial charge < -0.3 is 15.3 Å². The molecule has 1 saturated carbocycles. The molecular weight excluding hydrogens is 266 g/mol. The summed E-state index contributed by atoms with van der Waals surface area (Å²) >= 11 is 0. The Balaban J connectivity index is 1.65. The number of rotatable bonds is 7. The number of carboxylic acid groups (broad SMARTS) is 1. The van der Waals surface area contributed by atoms with Crippen LogP contribution in [0.1, 0.15) is 45.4 Å². The molecule has 1 saturated heterocycles. The van der Waals surface area contributed by atoms with Crippen molar-refractivity contribution in [2.45, 2.75) is 57.0 Å². The van der Waals surface area contributed by atoms with Crippen molar-refractivity contribution in [1.82, 2.24) is 15.1 Å². The molecule has 5 heteroatoms. The van der Waals surface area contributed by atoms with E-state index in [4.69, 9.17) is 0 Å². The van der Waals surface area contributed by atoms with Crippen LogP contribution in [0.25, 0.3) is 0 Å². The highest BCUT2D eigenvalue weighted by molar-refractivity contribution is 5.78. The maximum Gasteiger partial charge on any atom is 0.323 e. The van der Waals surface area contributed by atoms with Crippen LogP contribution >= 0.6 is 0 Å². The van der Waals surface area contributed by atoms with Gasteiger partial charge >= 0.3 is 5.97 Å². The lowest BCUT2D eigenvalue weighted by atomic mass is 9.96. The van der Waals surface area contributed by atoms with Gasteiger partial charge in [-0.05, 0) is 46.2 Å². The number of nitrogens with zero attached hydrogens (tertiary/aromatic N) is 2. The lowest BCUT2D eigenvalue weighted by molar-refractivity contribution is -0.144. The zero-order valence-corrected chi connectivity index (χ0v) is 13.6. The summed E-state index contributed by atoms with van der Waals surface area (Å²) in [6, 6.07) is 0.840. The number of aliphatic carboxylic acids is 1. The summed E-state index contributed by atoms with van der Waals surface area (Å²) < 4.78 is 0. The van der Waals surface area contributed by atoms with Gasteiger partial charge in [0.2, 0.25) is 0 Å². The minimum Gasteiger partial charge on any atom is -0.480 e. The number of likely N-dealkylation sites (N-methyl/N-ethyl adjacent to an activating group) is 1. The van der Waals surface area contributed by atoms with E-state index in [9.17, 15) is 9.90 Å². The number of hydrogen-bond donors (Lipinski definition) is 2. The molecule has 122 valence electrons. The van der Waals surface area contributed by atoms with E-state index in [1.54, 1.807) is 14.0 Å². The monoisotopic (exact) mass is 297 g/mol. The Labute approximate surface area is 128 Å². The largest absolute Gasteiger partial charge is 0.480 e. The van der Waals surface area contributed by atoms with Crippen LogP contribution in [0.5, 0.6) is 0 Å². The first-order valence-electron chi connectivity index (χ1n) is 8.44. The fourth-order valence-electron chi connectivity index (χ4n) is 3.62. The highest BCUT2D eigenvalue weighted by Gasteiger charge is 2.31. The van der Waals surface area contributed by atoms with E-state index >= 15 is 0 Å². The van der Waals surface area contributed by atoms with E-state index in [0.29, 0.717) is 6.42 Å². The maximum absolute atomic E-state index is 11.2. The van der Waals surface area contributed by atoms with Crippen LogP contribution in [0.3, 0.4) is 0 Å². The van der Waals surface area contributed by atoms with E-state index in [-0.39, 0.29) is 0 Å². The summed E-state index contributed by atoms with van der Waals surface area (Å²) in [5.41, 5.74) is -0.786. The Bertz CT molecular complexity index is 336. The van der Waals surface area contributed by atoms with Crippen molar-refractivity contribution in [1.29, 1.82) is 0 Å². The molecule has 1 atom stereocenters. The fraction of sp³-hybridized carbons (Fsp3) is 0.938. The van der Waals surface area contributed by atoms with Gasteiger partial charge in [0, 0.05) is 32.2 Å². The average molecular weight is 297 g/mol. The standard InChI is InChI=1S/C16H31N3O2/c1-16(17-2,15(20)21)8-5-9-18-10-12-19(13-11-18)14-6-3-4-7-14/h14,17H,3-13H2,1-2H3,(H,20,21). The third-order valence-electron chi connectivity index (χ3n) is 5.42. The van der Waals surface area contributed by atoms with Gasteiger partial charge in [-0.2, -0.15) is 0 Å². The van der Waals surface area contributed by atoms with Gasteiger partial charge in [0.25, 0.3) is 0 Å². The van der Waals surface area contributed by atoms with Crippen LogP contribution in [0.4, 0.5) is 0 Å². The molecule has 1 aliphatic heterocycles. The van der Waals surface area contributed by atoms with Crippen LogP contribution in [0.2, 0.25) is 0 Å². The third kappa shape index (κ3) is 4.41. The molecule has 0 aromatic heterocycles. The minimum absolute atomic E-state index is 0.682. The Morgan fingerprint density at radius 2 is 1.86 bits per heavy atom.